The van der Waals surface area contributed by atoms with Crippen LogP contribution >= 0.6 is 0 Å². The fourth-order valence-electron chi connectivity index (χ4n) is 2.99. The molecule has 1 unspecified atom stereocenters. The third kappa shape index (κ3) is 3.97. The van der Waals surface area contributed by atoms with Gasteiger partial charge in [-0.1, -0.05) is 19.3 Å². The topological polar surface area (TPSA) is 101 Å². The van der Waals surface area contributed by atoms with E-state index < -0.39 is 11.6 Å². The van der Waals surface area contributed by atoms with E-state index in [1.807, 2.05) is 0 Å². The van der Waals surface area contributed by atoms with E-state index in [0.29, 0.717) is 24.5 Å². The second-order valence-corrected chi connectivity index (χ2v) is 6.27. The SMILES string of the molecule is CC(Oc1ccc(-c2nnco2)cc1)C(=O)NC1(C#N)CCCCC1. The van der Waals surface area contributed by atoms with E-state index in [9.17, 15) is 10.1 Å². The summed E-state index contributed by atoms with van der Waals surface area (Å²) in [6.45, 7) is 1.68. The fraction of sp³-hybridized carbons (Fsp3) is 0.444. The highest BCUT2D eigenvalue weighted by atomic mass is 16.5. The molecule has 2 aromatic rings. The summed E-state index contributed by atoms with van der Waals surface area (Å²) in [6.07, 6.45) is 4.99. The number of benzene rings is 1. The van der Waals surface area contributed by atoms with Gasteiger partial charge in [0, 0.05) is 5.56 Å². The molecule has 1 aliphatic rings. The molecule has 3 rings (SSSR count). The number of nitrogens with one attached hydrogen (secondary N) is 1. The van der Waals surface area contributed by atoms with Crippen molar-refractivity contribution in [1.29, 1.82) is 5.26 Å². The number of nitriles is 1. The molecule has 1 aromatic heterocycles. The van der Waals surface area contributed by atoms with Crippen molar-refractivity contribution in [3.63, 3.8) is 0 Å². The second kappa shape index (κ2) is 7.34. The van der Waals surface area contributed by atoms with Crippen molar-refractivity contribution in [2.75, 3.05) is 0 Å². The number of carbonyl (C=O) groups excluding carboxylic acids is 1. The Labute approximate surface area is 146 Å². The maximum atomic E-state index is 12.4. The molecule has 1 atom stereocenters. The van der Waals surface area contributed by atoms with E-state index in [4.69, 9.17) is 9.15 Å². The first-order chi connectivity index (χ1) is 12.1. The first-order valence-corrected chi connectivity index (χ1v) is 8.38. The molecule has 1 N–H and O–H groups in total. The predicted molar refractivity (Wildman–Crippen MR) is 89.4 cm³/mol. The predicted octanol–water partition coefficient (Wildman–Crippen LogP) is 2.85. The zero-order valence-corrected chi connectivity index (χ0v) is 14.1. The van der Waals surface area contributed by atoms with Crippen LogP contribution in [0.2, 0.25) is 0 Å². The third-order valence-electron chi connectivity index (χ3n) is 4.43. The molecule has 1 saturated carbocycles. The fourth-order valence-corrected chi connectivity index (χ4v) is 2.99. The molecule has 0 aliphatic heterocycles. The average Bonchev–Trinajstić information content (AvgIpc) is 3.18. The van der Waals surface area contributed by atoms with Gasteiger partial charge in [0.15, 0.2) is 6.10 Å². The quantitative estimate of drug-likeness (QED) is 0.898. The van der Waals surface area contributed by atoms with Crippen LogP contribution in [0.5, 0.6) is 5.75 Å². The summed E-state index contributed by atoms with van der Waals surface area (Å²) in [6, 6.07) is 9.33. The molecule has 1 aromatic carbocycles. The summed E-state index contributed by atoms with van der Waals surface area (Å²) < 4.78 is 10.8. The number of rotatable bonds is 5. The Hall–Kier alpha value is -2.88. The zero-order valence-electron chi connectivity index (χ0n) is 14.1. The Morgan fingerprint density at radius 2 is 2.04 bits per heavy atom. The van der Waals surface area contributed by atoms with Gasteiger partial charge in [0.25, 0.3) is 5.91 Å². The molecule has 7 nitrogen and oxygen atoms in total. The van der Waals surface area contributed by atoms with Crippen LogP contribution in [-0.4, -0.2) is 27.7 Å². The highest BCUT2D eigenvalue weighted by Gasteiger charge is 2.35. The maximum Gasteiger partial charge on any atom is 0.262 e. The Balaban J connectivity index is 1.60. The van der Waals surface area contributed by atoms with Crippen LogP contribution < -0.4 is 10.1 Å². The number of carbonyl (C=O) groups is 1. The molecule has 25 heavy (non-hydrogen) atoms. The van der Waals surface area contributed by atoms with Crippen LogP contribution in [0.4, 0.5) is 0 Å². The highest BCUT2D eigenvalue weighted by molar-refractivity contribution is 5.82. The lowest BCUT2D eigenvalue weighted by Crippen LogP contribution is -2.52. The van der Waals surface area contributed by atoms with Crippen LogP contribution in [-0.2, 0) is 4.79 Å². The van der Waals surface area contributed by atoms with Crippen molar-refractivity contribution in [2.45, 2.75) is 50.7 Å². The van der Waals surface area contributed by atoms with E-state index in [1.54, 1.807) is 31.2 Å². The molecule has 0 radical (unpaired) electrons. The van der Waals surface area contributed by atoms with Crippen LogP contribution in [0.3, 0.4) is 0 Å². The van der Waals surface area contributed by atoms with E-state index in [-0.39, 0.29) is 5.91 Å². The van der Waals surface area contributed by atoms with E-state index in [1.165, 1.54) is 6.39 Å². The van der Waals surface area contributed by atoms with Crippen molar-refractivity contribution < 1.29 is 13.9 Å². The minimum absolute atomic E-state index is 0.274. The lowest BCUT2D eigenvalue weighted by molar-refractivity contribution is -0.129. The van der Waals surface area contributed by atoms with Gasteiger partial charge in [0.05, 0.1) is 6.07 Å². The van der Waals surface area contributed by atoms with Crippen LogP contribution in [0.1, 0.15) is 39.0 Å². The minimum Gasteiger partial charge on any atom is -0.481 e. The van der Waals surface area contributed by atoms with Crippen molar-refractivity contribution >= 4 is 5.91 Å². The number of ether oxygens (including phenoxy) is 1. The van der Waals surface area contributed by atoms with Gasteiger partial charge in [-0.3, -0.25) is 4.79 Å². The maximum absolute atomic E-state index is 12.4. The molecule has 0 bridgehead atoms. The van der Waals surface area contributed by atoms with Gasteiger partial charge in [-0.25, -0.2) is 0 Å². The molecular formula is C18H20N4O3. The number of hydrogen-bond acceptors (Lipinski definition) is 6. The summed E-state index contributed by atoms with van der Waals surface area (Å²) in [5.41, 5.74) is 0.0157. The van der Waals surface area contributed by atoms with Crippen molar-refractivity contribution in [3.05, 3.63) is 30.7 Å². The number of hydrogen-bond donors (Lipinski definition) is 1. The number of amides is 1. The van der Waals surface area contributed by atoms with Gasteiger partial charge in [0.1, 0.15) is 11.3 Å². The minimum atomic E-state index is -0.755. The van der Waals surface area contributed by atoms with Gasteiger partial charge in [0.2, 0.25) is 12.3 Å². The second-order valence-electron chi connectivity index (χ2n) is 6.27. The molecule has 1 aliphatic carbocycles. The van der Waals surface area contributed by atoms with Gasteiger partial charge in [-0.2, -0.15) is 5.26 Å². The molecule has 1 heterocycles. The molecule has 1 fully saturated rings. The average molecular weight is 340 g/mol. The van der Waals surface area contributed by atoms with Gasteiger partial charge < -0.3 is 14.5 Å². The number of nitrogens with zero attached hydrogens (tertiary/aromatic N) is 3. The summed E-state index contributed by atoms with van der Waals surface area (Å²) in [5.74, 6) is 0.704. The Morgan fingerprint density at radius 3 is 2.64 bits per heavy atom. The zero-order chi connectivity index (χ0) is 17.7. The van der Waals surface area contributed by atoms with Crippen LogP contribution in [0.15, 0.2) is 35.1 Å². The summed E-state index contributed by atoms with van der Waals surface area (Å²) in [7, 11) is 0. The lowest BCUT2D eigenvalue weighted by Gasteiger charge is -2.32. The molecule has 1 amide bonds. The summed E-state index contributed by atoms with van der Waals surface area (Å²) in [4.78, 5) is 12.4. The van der Waals surface area contributed by atoms with Crippen molar-refractivity contribution in [3.8, 4) is 23.3 Å². The Kier molecular flexibility index (Phi) is 4.98. The largest absolute Gasteiger partial charge is 0.481 e. The number of aromatic nitrogens is 2. The van der Waals surface area contributed by atoms with Crippen molar-refractivity contribution in [2.24, 2.45) is 0 Å². The first kappa shape index (κ1) is 17.0. The van der Waals surface area contributed by atoms with Crippen molar-refractivity contribution in [1.82, 2.24) is 15.5 Å². The molecule has 0 spiro atoms. The Bertz CT molecular complexity index is 744. The van der Waals surface area contributed by atoms with Crippen LogP contribution in [0.25, 0.3) is 11.5 Å². The van der Waals surface area contributed by atoms with Gasteiger partial charge in [-0.15, -0.1) is 10.2 Å². The van der Waals surface area contributed by atoms with Gasteiger partial charge in [-0.05, 0) is 44.0 Å². The summed E-state index contributed by atoms with van der Waals surface area (Å²) in [5, 5.41) is 19.8. The van der Waals surface area contributed by atoms with E-state index in [0.717, 1.165) is 24.8 Å². The lowest BCUT2D eigenvalue weighted by atomic mass is 9.83. The molecule has 7 heteroatoms. The highest BCUT2D eigenvalue weighted by Crippen LogP contribution is 2.28. The Morgan fingerprint density at radius 1 is 1.32 bits per heavy atom. The summed E-state index contributed by atoms with van der Waals surface area (Å²) >= 11 is 0. The van der Waals surface area contributed by atoms with E-state index in [2.05, 4.69) is 21.6 Å². The third-order valence-corrected chi connectivity index (χ3v) is 4.43. The molecule has 0 saturated heterocycles. The molecule has 130 valence electrons. The normalized spacial score (nSPS) is 17.3. The van der Waals surface area contributed by atoms with E-state index >= 15 is 0 Å². The first-order valence-electron chi connectivity index (χ1n) is 8.38. The standard InChI is InChI=1S/C18H20N4O3/c1-13(16(23)21-18(11-19)9-3-2-4-10-18)25-15-7-5-14(6-8-15)17-22-20-12-24-17/h5-8,12-13H,2-4,9-10H2,1H3,(H,21,23). The molecular weight excluding hydrogens is 320 g/mol. The monoisotopic (exact) mass is 340 g/mol. The van der Waals surface area contributed by atoms with Gasteiger partial charge >= 0.3 is 0 Å². The smallest absolute Gasteiger partial charge is 0.262 e. The van der Waals surface area contributed by atoms with Crippen LogP contribution in [0, 0.1) is 11.3 Å².